The largest absolute Gasteiger partial charge is 0.480 e. The molecule has 1 saturated heterocycles. The lowest BCUT2D eigenvalue weighted by atomic mass is 9.88. The van der Waals surface area contributed by atoms with Gasteiger partial charge in [-0.2, -0.15) is 11.3 Å². The highest BCUT2D eigenvalue weighted by molar-refractivity contribution is 7.07. The third-order valence-electron chi connectivity index (χ3n) is 11.1. The van der Waals surface area contributed by atoms with Gasteiger partial charge in [-0.25, -0.2) is 5.90 Å². The number of carbonyl (C=O) groups is 5. The van der Waals surface area contributed by atoms with Crippen LogP contribution in [0, 0.1) is 30.1 Å². The average molecular weight is 947 g/mol. The second-order valence-electron chi connectivity index (χ2n) is 18.1. The molecule has 4 amide bonds. The van der Waals surface area contributed by atoms with Gasteiger partial charge in [0.1, 0.15) is 6.54 Å². The SMILES string of the molecule is CC(C)C(C(N)=O)N(C)CCOCCOCCOCCON.CCC(C)C(C(CC(=O)N1CCCC1C(OC)C(C)C(=O)NCC(=O)O)OC)N(C)C(=O)CC(C)(C)C.Cc1ccsc1. The molecule has 7 atom stereocenters. The fourth-order valence-corrected chi connectivity index (χ4v) is 8.28. The summed E-state index contributed by atoms with van der Waals surface area (Å²) in [7, 11) is 6.74. The number of hydrogen-bond donors (Lipinski definition) is 4. The number of carboxylic acid groups (broad SMARTS) is 1. The number of nitrogens with two attached hydrogens (primary N) is 2. The van der Waals surface area contributed by atoms with Crippen LogP contribution in [0.1, 0.15) is 93.1 Å². The van der Waals surface area contributed by atoms with E-state index in [0.29, 0.717) is 72.2 Å². The van der Waals surface area contributed by atoms with Crippen molar-refractivity contribution in [2.75, 3.05) is 94.2 Å². The van der Waals surface area contributed by atoms with Gasteiger partial charge in [-0.1, -0.05) is 61.8 Å². The predicted octanol–water partition coefficient (Wildman–Crippen LogP) is 3.97. The number of carboxylic acids is 1. The summed E-state index contributed by atoms with van der Waals surface area (Å²) in [6, 6.07) is 1.25. The van der Waals surface area contributed by atoms with Gasteiger partial charge < -0.3 is 54.5 Å². The molecule has 0 bridgehead atoms. The van der Waals surface area contributed by atoms with Gasteiger partial charge in [0, 0.05) is 40.8 Å². The minimum Gasteiger partial charge on any atom is -0.480 e. The molecule has 18 nitrogen and oxygen atoms in total. The van der Waals surface area contributed by atoms with E-state index in [1.165, 1.54) is 12.7 Å². The van der Waals surface area contributed by atoms with Gasteiger partial charge in [-0.3, -0.25) is 28.9 Å². The summed E-state index contributed by atoms with van der Waals surface area (Å²) >= 11 is 1.74. The molecule has 19 heteroatoms. The minimum atomic E-state index is -1.13. The van der Waals surface area contributed by atoms with E-state index in [0.717, 1.165) is 12.8 Å². The second kappa shape index (κ2) is 34.1. The molecule has 378 valence electrons. The fourth-order valence-electron chi connectivity index (χ4n) is 7.61. The summed E-state index contributed by atoms with van der Waals surface area (Å²) in [4.78, 5) is 71.2. The Labute approximate surface area is 393 Å². The Bertz CT molecular complexity index is 1470. The van der Waals surface area contributed by atoms with Gasteiger partial charge in [0.05, 0.1) is 88.9 Å². The maximum atomic E-state index is 13.6. The molecule has 6 N–H and O–H groups in total. The summed E-state index contributed by atoms with van der Waals surface area (Å²) in [5.41, 5.74) is 6.60. The van der Waals surface area contributed by atoms with Gasteiger partial charge in [0.15, 0.2) is 0 Å². The minimum absolute atomic E-state index is 0.0204. The molecule has 1 aromatic heterocycles. The smallest absolute Gasteiger partial charge is 0.322 e. The summed E-state index contributed by atoms with van der Waals surface area (Å²) < 4.78 is 27.5. The van der Waals surface area contributed by atoms with Crippen LogP contribution in [0.15, 0.2) is 16.8 Å². The molecule has 7 unspecified atom stereocenters. The van der Waals surface area contributed by atoms with E-state index in [9.17, 15) is 24.0 Å². The number of rotatable bonds is 29. The van der Waals surface area contributed by atoms with Crippen LogP contribution in [0.2, 0.25) is 0 Å². The number of nitrogens with one attached hydrogen (secondary N) is 1. The zero-order chi connectivity index (χ0) is 49.7. The Morgan fingerprint density at radius 2 is 1.54 bits per heavy atom. The van der Waals surface area contributed by atoms with Crippen molar-refractivity contribution < 1.29 is 57.6 Å². The molecule has 1 aliphatic heterocycles. The van der Waals surface area contributed by atoms with Crippen LogP contribution in [0.4, 0.5) is 0 Å². The number of likely N-dealkylation sites (tertiary alicyclic amines) is 1. The van der Waals surface area contributed by atoms with Crippen molar-refractivity contribution in [1.29, 1.82) is 0 Å². The quantitative estimate of drug-likeness (QED) is 0.0658. The summed E-state index contributed by atoms with van der Waals surface area (Å²) in [5, 5.41) is 15.5. The van der Waals surface area contributed by atoms with Crippen molar-refractivity contribution in [2.24, 2.45) is 34.8 Å². The maximum absolute atomic E-state index is 13.6. The van der Waals surface area contributed by atoms with Gasteiger partial charge in [-0.15, -0.1) is 0 Å². The first-order chi connectivity index (χ1) is 30.6. The molecular weight excluding hydrogens is 861 g/mol. The molecule has 0 aromatic carbocycles. The van der Waals surface area contributed by atoms with E-state index >= 15 is 0 Å². The average Bonchev–Trinajstić information content (AvgIpc) is 3.93. The summed E-state index contributed by atoms with van der Waals surface area (Å²) in [5.74, 6) is 2.55. The van der Waals surface area contributed by atoms with Gasteiger partial charge in [-0.05, 0) is 66.5 Å². The number of aryl methyl sites for hydroxylation is 1. The third kappa shape index (κ3) is 25.4. The van der Waals surface area contributed by atoms with E-state index in [2.05, 4.69) is 47.8 Å². The van der Waals surface area contributed by atoms with Crippen molar-refractivity contribution >= 4 is 40.9 Å². The lowest BCUT2D eigenvalue weighted by Gasteiger charge is -2.40. The molecule has 0 aliphatic carbocycles. The number of nitrogens with zero attached hydrogens (tertiary/aromatic N) is 3. The number of amides is 4. The Kier molecular flexibility index (Phi) is 32.4. The Hall–Kier alpha value is -3.27. The molecule has 1 aliphatic rings. The highest BCUT2D eigenvalue weighted by atomic mass is 32.1. The van der Waals surface area contributed by atoms with Crippen LogP contribution in [0.5, 0.6) is 0 Å². The van der Waals surface area contributed by atoms with Crippen LogP contribution in [0.3, 0.4) is 0 Å². The maximum Gasteiger partial charge on any atom is 0.322 e. The normalized spacial score (nSPS) is 16.6. The first kappa shape index (κ1) is 61.7. The number of thiophene rings is 1. The lowest BCUT2D eigenvalue weighted by Crippen LogP contribution is -2.53. The Morgan fingerprint density at radius 1 is 0.954 bits per heavy atom. The zero-order valence-corrected chi connectivity index (χ0v) is 42.6. The summed E-state index contributed by atoms with van der Waals surface area (Å²) in [6.45, 7) is 22.0. The van der Waals surface area contributed by atoms with Crippen molar-refractivity contribution in [3.8, 4) is 0 Å². The Balaban J connectivity index is 0.00000122. The molecule has 2 rings (SSSR count). The number of ether oxygens (including phenoxy) is 5. The summed E-state index contributed by atoms with van der Waals surface area (Å²) in [6.07, 6.45) is 1.70. The molecule has 2 heterocycles. The van der Waals surface area contributed by atoms with E-state index in [4.69, 9.17) is 40.4 Å². The topological polar surface area (TPSA) is 235 Å². The second-order valence-corrected chi connectivity index (χ2v) is 18.9. The first-order valence-electron chi connectivity index (χ1n) is 22.7. The fraction of sp³-hybridized carbons (Fsp3) is 0.804. The van der Waals surface area contributed by atoms with E-state index in [1.54, 1.807) is 42.2 Å². The molecule has 1 fully saturated rings. The number of methoxy groups -OCH3 is 2. The Morgan fingerprint density at radius 3 is 1.97 bits per heavy atom. The number of hydrogen-bond acceptors (Lipinski definition) is 14. The van der Waals surface area contributed by atoms with E-state index < -0.39 is 36.5 Å². The zero-order valence-electron chi connectivity index (χ0n) is 41.8. The van der Waals surface area contributed by atoms with Crippen LogP contribution in [-0.4, -0.2) is 174 Å². The predicted molar refractivity (Wildman–Crippen MR) is 253 cm³/mol. The molecule has 65 heavy (non-hydrogen) atoms. The monoisotopic (exact) mass is 947 g/mol. The van der Waals surface area contributed by atoms with Gasteiger partial charge in [0.2, 0.25) is 23.6 Å². The molecule has 0 saturated carbocycles. The lowest BCUT2D eigenvalue weighted by molar-refractivity contribution is -0.146. The number of primary amides is 1. The van der Waals surface area contributed by atoms with Gasteiger partial charge >= 0.3 is 5.97 Å². The first-order valence-corrected chi connectivity index (χ1v) is 23.7. The van der Waals surface area contributed by atoms with Crippen molar-refractivity contribution in [1.82, 2.24) is 20.0 Å². The van der Waals surface area contributed by atoms with Crippen LogP contribution in [0.25, 0.3) is 0 Å². The van der Waals surface area contributed by atoms with Crippen molar-refractivity contribution in [3.05, 3.63) is 22.4 Å². The number of likely N-dealkylation sites (N-methyl/N-ethyl adjacent to an activating group) is 2. The van der Waals surface area contributed by atoms with Crippen LogP contribution >= 0.6 is 11.3 Å². The highest BCUT2D eigenvalue weighted by Crippen LogP contribution is 2.30. The number of aliphatic carboxylic acids is 1. The van der Waals surface area contributed by atoms with Crippen molar-refractivity contribution in [2.45, 2.75) is 125 Å². The molecular formula is C46H86N6O12S. The molecule has 1 aromatic rings. The third-order valence-corrected chi connectivity index (χ3v) is 11.9. The standard InChI is InChI=1S/C27H49N3O7.C14H31N3O5.C5H6S/c1-10-17(2)24(29(7)22(32)15-27(4,5)6)20(36-8)14-21(31)30-13-11-12-19(30)25(37-9)18(3)26(35)28-16-23(33)34;1-12(2)13(14(15)18)17(3)4-5-19-6-7-20-8-9-21-10-11-22-16;1-5-2-3-6-4-5/h17-20,24-25H,10-16H2,1-9H3,(H,28,35)(H,33,34);12-13H,4-11,16H2,1-3H3,(H2,15,18);2-4H,1H3. The van der Waals surface area contributed by atoms with Crippen molar-refractivity contribution in [3.63, 3.8) is 0 Å². The molecule has 0 radical (unpaired) electrons. The van der Waals surface area contributed by atoms with E-state index in [1.807, 2.05) is 46.6 Å². The molecule has 0 spiro atoms. The van der Waals surface area contributed by atoms with Crippen LogP contribution < -0.4 is 16.9 Å². The van der Waals surface area contributed by atoms with Gasteiger partial charge in [0.25, 0.3) is 0 Å². The highest BCUT2D eigenvalue weighted by Gasteiger charge is 2.42. The number of carbonyl (C=O) groups excluding carboxylic acids is 4. The van der Waals surface area contributed by atoms with E-state index in [-0.39, 0.29) is 59.5 Å². The van der Waals surface area contributed by atoms with Crippen LogP contribution in [-0.2, 0) is 52.5 Å².